The van der Waals surface area contributed by atoms with E-state index in [1.165, 1.54) is 12.1 Å². The van der Waals surface area contributed by atoms with Crippen LogP contribution in [0.1, 0.15) is 21.6 Å². The molecule has 134 valence electrons. The Morgan fingerprint density at radius 3 is 2.70 bits per heavy atom. The summed E-state index contributed by atoms with van der Waals surface area (Å²) in [6.07, 6.45) is 0. The zero-order chi connectivity index (χ0) is 19.0. The number of fused-ring (bicyclic) bond motifs is 2. The first-order valence-electron chi connectivity index (χ1n) is 8.34. The van der Waals surface area contributed by atoms with E-state index >= 15 is 0 Å². The Hall–Kier alpha value is -3.67. The van der Waals surface area contributed by atoms with Crippen molar-refractivity contribution in [3.63, 3.8) is 0 Å². The SMILES string of the molecule is Cc1ccc2c(COC(=O)c3cc(=O)c4ccccc4[nH]3)cc(=O)oc2c1. The maximum Gasteiger partial charge on any atom is 0.355 e. The molecule has 0 fully saturated rings. The van der Waals surface area contributed by atoms with Crippen LogP contribution in [0.2, 0.25) is 0 Å². The number of benzene rings is 2. The molecule has 0 spiro atoms. The largest absolute Gasteiger partial charge is 0.456 e. The molecule has 0 bridgehead atoms. The number of H-pyrrole nitrogens is 1. The van der Waals surface area contributed by atoms with Gasteiger partial charge in [0.05, 0.1) is 0 Å². The number of ether oxygens (including phenoxy) is 1. The molecular formula is C21H15NO5. The molecule has 0 radical (unpaired) electrons. The van der Waals surface area contributed by atoms with Crippen molar-refractivity contribution in [2.75, 3.05) is 0 Å². The number of rotatable bonds is 3. The smallest absolute Gasteiger partial charge is 0.355 e. The Morgan fingerprint density at radius 1 is 1.04 bits per heavy atom. The number of pyridine rings is 1. The van der Waals surface area contributed by atoms with Crippen LogP contribution in [0.5, 0.6) is 0 Å². The highest BCUT2D eigenvalue weighted by Crippen LogP contribution is 2.19. The summed E-state index contributed by atoms with van der Waals surface area (Å²) in [4.78, 5) is 39.2. The van der Waals surface area contributed by atoms with E-state index in [-0.39, 0.29) is 17.7 Å². The molecule has 0 saturated carbocycles. The molecule has 4 rings (SSSR count). The summed E-state index contributed by atoms with van der Waals surface area (Å²) >= 11 is 0. The van der Waals surface area contributed by atoms with E-state index in [1.54, 1.807) is 30.3 Å². The number of aromatic amines is 1. The van der Waals surface area contributed by atoms with Crippen LogP contribution in [-0.4, -0.2) is 11.0 Å². The van der Waals surface area contributed by atoms with Crippen LogP contribution in [0.15, 0.2) is 68.6 Å². The molecular weight excluding hydrogens is 346 g/mol. The number of hydrogen-bond donors (Lipinski definition) is 1. The topological polar surface area (TPSA) is 89.4 Å². The highest BCUT2D eigenvalue weighted by molar-refractivity contribution is 5.91. The van der Waals surface area contributed by atoms with Crippen molar-refractivity contribution in [3.8, 4) is 0 Å². The number of carbonyl (C=O) groups is 1. The Balaban J connectivity index is 1.64. The van der Waals surface area contributed by atoms with Gasteiger partial charge in [-0.25, -0.2) is 9.59 Å². The van der Waals surface area contributed by atoms with Gasteiger partial charge in [-0.15, -0.1) is 0 Å². The van der Waals surface area contributed by atoms with Crippen molar-refractivity contribution in [1.82, 2.24) is 4.98 Å². The lowest BCUT2D eigenvalue weighted by atomic mass is 10.1. The van der Waals surface area contributed by atoms with E-state index in [0.717, 1.165) is 5.56 Å². The Kier molecular flexibility index (Phi) is 4.08. The highest BCUT2D eigenvalue weighted by Gasteiger charge is 2.13. The van der Waals surface area contributed by atoms with Gasteiger partial charge in [0.15, 0.2) is 5.43 Å². The second-order valence-electron chi connectivity index (χ2n) is 6.26. The normalized spacial score (nSPS) is 11.0. The van der Waals surface area contributed by atoms with Crippen molar-refractivity contribution in [2.45, 2.75) is 13.5 Å². The molecule has 0 aliphatic rings. The summed E-state index contributed by atoms with van der Waals surface area (Å²) in [6.45, 7) is 1.78. The molecule has 27 heavy (non-hydrogen) atoms. The van der Waals surface area contributed by atoms with E-state index in [0.29, 0.717) is 27.4 Å². The average Bonchev–Trinajstić information content (AvgIpc) is 2.65. The van der Waals surface area contributed by atoms with Gasteiger partial charge in [0, 0.05) is 34.0 Å². The third kappa shape index (κ3) is 3.25. The lowest BCUT2D eigenvalue weighted by Crippen LogP contribution is -2.13. The fourth-order valence-electron chi connectivity index (χ4n) is 2.98. The van der Waals surface area contributed by atoms with Crippen LogP contribution in [0.3, 0.4) is 0 Å². The van der Waals surface area contributed by atoms with Gasteiger partial charge in [0.1, 0.15) is 17.9 Å². The number of aryl methyl sites for hydroxylation is 1. The molecule has 0 atom stereocenters. The zero-order valence-corrected chi connectivity index (χ0v) is 14.4. The molecule has 0 saturated heterocycles. The van der Waals surface area contributed by atoms with E-state index in [4.69, 9.17) is 9.15 Å². The van der Waals surface area contributed by atoms with Crippen LogP contribution in [0.4, 0.5) is 0 Å². The van der Waals surface area contributed by atoms with E-state index in [2.05, 4.69) is 4.98 Å². The quantitative estimate of drug-likeness (QED) is 0.447. The lowest BCUT2D eigenvalue weighted by Gasteiger charge is -2.08. The van der Waals surface area contributed by atoms with Gasteiger partial charge in [-0.1, -0.05) is 24.3 Å². The minimum absolute atomic E-state index is 0.0572. The number of hydrogen-bond acceptors (Lipinski definition) is 5. The van der Waals surface area contributed by atoms with Crippen molar-refractivity contribution in [2.24, 2.45) is 0 Å². The van der Waals surface area contributed by atoms with Gasteiger partial charge < -0.3 is 14.1 Å². The summed E-state index contributed by atoms with van der Waals surface area (Å²) in [5.74, 6) is -0.675. The molecule has 0 aliphatic heterocycles. The second-order valence-corrected chi connectivity index (χ2v) is 6.26. The molecule has 1 N–H and O–H groups in total. The number of nitrogens with one attached hydrogen (secondary N) is 1. The molecule has 0 unspecified atom stereocenters. The molecule has 2 aromatic heterocycles. The number of esters is 1. The van der Waals surface area contributed by atoms with Crippen LogP contribution in [-0.2, 0) is 11.3 Å². The van der Waals surface area contributed by atoms with Crippen LogP contribution in [0.25, 0.3) is 21.9 Å². The van der Waals surface area contributed by atoms with Crippen LogP contribution < -0.4 is 11.1 Å². The predicted octanol–water partition coefficient (Wildman–Crippen LogP) is 3.30. The van der Waals surface area contributed by atoms with Crippen molar-refractivity contribution >= 4 is 27.8 Å². The Bertz CT molecular complexity index is 1300. The monoisotopic (exact) mass is 361 g/mol. The summed E-state index contributed by atoms with van der Waals surface area (Å²) in [5.41, 5.74) is 1.76. The van der Waals surface area contributed by atoms with Gasteiger partial charge in [-0.05, 0) is 30.7 Å². The third-order valence-electron chi connectivity index (χ3n) is 4.30. The van der Waals surface area contributed by atoms with Gasteiger partial charge >= 0.3 is 11.6 Å². The Morgan fingerprint density at radius 2 is 1.85 bits per heavy atom. The molecule has 0 aliphatic carbocycles. The maximum absolute atomic E-state index is 12.4. The summed E-state index contributed by atoms with van der Waals surface area (Å²) in [5, 5.41) is 1.19. The first-order chi connectivity index (χ1) is 13.0. The second kappa shape index (κ2) is 6.57. The van der Waals surface area contributed by atoms with Crippen molar-refractivity contribution in [3.05, 3.63) is 92.1 Å². The zero-order valence-electron chi connectivity index (χ0n) is 14.4. The minimum Gasteiger partial charge on any atom is -0.456 e. The molecule has 0 amide bonds. The summed E-state index contributed by atoms with van der Waals surface area (Å²) in [6, 6.07) is 14.9. The molecule has 2 aromatic carbocycles. The first kappa shape index (κ1) is 16.8. The molecule has 2 heterocycles. The lowest BCUT2D eigenvalue weighted by molar-refractivity contribution is 0.0467. The van der Waals surface area contributed by atoms with Gasteiger partial charge in [-0.2, -0.15) is 0 Å². The maximum atomic E-state index is 12.4. The predicted molar refractivity (Wildman–Crippen MR) is 101 cm³/mol. The molecule has 6 nitrogen and oxygen atoms in total. The van der Waals surface area contributed by atoms with Crippen LogP contribution >= 0.6 is 0 Å². The average molecular weight is 361 g/mol. The van der Waals surface area contributed by atoms with Gasteiger partial charge in [0.25, 0.3) is 0 Å². The fraction of sp³-hybridized carbons (Fsp3) is 0.0952. The van der Waals surface area contributed by atoms with Gasteiger partial charge in [0.2, 0.25) is 0 Å². The standard InChI is InChI=1S/C21H15NO5/c1-12-6-7-14-13(9-20(24)27-19(14)8-12)11-26-21(25)17-10-18(23)15-4-2-3-5-16(15)22-17/h2-10H,11H2,1H3,(H,22,23). The minimum atomic E-state index is -0.675. The molecule has 4 aromatic rings. The number of para-hydroxylation sites is 1. The fourth-order valence-corrected chi connectivity index (χ4v) is 2.98. The van der Waals surface area contributed by atoms with E-state index in [9.17, 15) is 14.4 Å². The number of aromatic nitrogens is 1. The Labute approximate surface area is 153 Å². The summed E-state index contributed by atoms with van der Waals surface area (Å²) < 4.78 is 10.5. The van der Waals surface area contributed by atoms with Crippen molar-refractivity contribution < 1.29 is 13.9 Å². The van der Waals surface area contributed by atoms with E-state index < -0.39 is 11.6 Å². The summed E-state index contributed by atoms with van der Waals surface area (Å²) in [7, 11) is 0. The third-order valence-corrected chi connectivity index (χ3v) is 4.30. The number of carbonyl (C=O) groups excluding carboxylic acids is 1. The van der Waals surface area contributed by atoms with Gasteiger partial charge in [-0.3, -0.25) is 4.79 Å². The van der Waals surface area contributed by atoms with E-state index in [1.807, 2.05) is 19.1 Å². The molecule has 6 heteroatoms. The highest BCUT2D eigenvalue weighted by atomic mass is 16.5. The van der Waals surface area contributed by atoms with Crippen molar-refractivity contribution in [1.29, 1.82) is 0 Å². The first-order valence-corrected chi connectivity index (χ1v) is 8.34. The van der Waals surface area contributed by atoms with Crippen LogP contribution in [0, 0.1) is 6.92 Å².